The molecule has 1 aromatic heterocycles. The number of piperazine rings is 1. The molecule has 4 nitrogen and oxygen atoms in total. The summed E-state index contributed by atoms with van der Waals surface area (Å²) in [5.41, 5.74) is 2.11. The Labute approximate surface area is 181 Å². The maximum absolute atomic E-state index is 13.1. The number of nitrogens with zero attached hydrogens (tertiary/aromatic N) is 2. The Morgan fingerprint density at radius 2 is 1.63 bits per heavy atom. The first-order valence-electron chi connectivity index (χ1n) is 10.8. The molecule has 5 heteroatoms. The molecule has 2 aliphatic rings. The van der Waals surface area contributed by atoms with Crippen LogP contribution in [0.1, 0.15) is 43.8 Å². The Balaban J connectivity index is 1.27. The lowest BCUT2D eigenvalue weighted by molar-refractivity contribution is 0.0539. The number of fused-ring (bicyclic) bond motifs is 2. The van der Waals surface area contributed by atoms with Crippen LogP contribution < -0.4 is 0 Å². The second-order valence-electron chi connectivity index (χ2n) is 8.52. The largest absolute Gasteiger partial charge is 0.335 e. The summed E-state index contributed by atoms with van der Waals surface area (Å²) >= 11 is 1.67. The first kappa shape index (κ1) is 19.3. The summed E-state index contributed by atoms with van der Waals surface area (Å²) in [6.45, 7) is 4.63. The first-order valence-corrected chi connectivity index (χ1v) is 11.6. The summed E-state index contributed by atoms with van der Waals surface area (Å²) in [4.78, 5) is 32.2. The van der Waals surface area contributed by atoms with Gasteiger partial charge in [0.15, 0.2) is 0 Å². The van der Waals surface area contributed by atoms with Crippen LogP contribution in [0.5, 0.6) is 0 Å². The van der Waals surface area contributed by atoms with Gasteiger partial charge < -0.3 is 9.80 Å². The van der Waals surface area contributed by atoms with Gasteiger partial charge in [-0.2, -0.15) is 0 Å². The minimum Gasteiger partial charge on any atom is -0.335 e. The lowest BCUT2D eigenvalue weighted by atomic mass is 9.90. The maximum atomic E-state index is 13.1. The van der Waals surface area contributed by atoms with Crippen molar-refractivity contribution in [2.75, 3.05) is 26.2 Å². The Morgan fingerprint density at radius 3 is 2.43 bits per heavy atom. The van der Waals surface area contributed by atoms with E-state index in [0.29, 0.717) is 32.1 Å². The van der Waals surface area contributed by atoms with Gasteiger partial charge in [-0.25, -0.2) is 0 Å². The van der Waals surface area contributed by atoms with Crippen molar-refractivity contribution < 1.29 is 9.59 Å². The number of rotatable bonds is 2. The van der Waals surface area contributed by atoms with Crippen LogP contribution in [0.25, 0.3) is 10.8 Å². The van der Waals surface area contributed by atoms with Gasteiger partial charge in [0.2, 0.25) is 0 Å². The molecular formula is C25H26N2O2S. The van der Waals surface area contributed by atoms with Crippen LogP contribution in [0.2, 0.25) is 0 Å². The van der Waals surface area contributed by atoms with Gasteiger partial charge in [-0.05, 0) is 53.6 Å². The van der Waals surface area contributed by atoms with Crippen LogP contribution in [0.4, 0.5) is 0 Å². The Hall–Kier alpha value is -2.66. The van der Waals surface area contributed by atoms with Crippen molar-refractivity contribution in [3.63, 3.8) is 0 Å². The smallest absolute Gasteiger partial charge is 0.264 e. The van der Waals surface area contributed by atoms with Gasteiger partial charge in [0, 0.05) is 36.6 Å². The second kappa shape index (κ2) is 7.88. The molecule has 1 fully saturated rings. The van der Waals surface area contributed by atoms with Gasteiger partial charge in [-0.3, -0.25) is 9.59 Å². The maximum Gasteiger partial charge on any atom is 0.264 e. The van der Waals surface area contributed by atoms with E-state index in [2.05, 4.69) is 13.0 Å². The van der Waals surface area contributed by atoms with Crippen molar-refractivity contribution in [3.05, 3.63) is 69.4 Å². The number of carbonyl (C=O) groups excluding carboxylic acids is 2. The average molecular weight is 419 g/mol. The summed E-state index contributed by atoms with van der Waals surface area (Å²) in [6.07, 6.45) is 3.41. The minimum absolute atomic E-state index is 0.0551. The van der Waals surface area contributed by atoms with Crippen LogP contribution >= 0.6 is 11.3 Å². The number of aryl methyl sites for hydroxylation is 1. The third-order valence-corrected chi connectivity index (χ3v) is 7.64. The van der Waals surface area contributed by atoms with E-state index in [1.165, 1.54) is 16.9 Å². The Bertz CT molecular complexity index is 1110. The quantitative estimate of drug-likeness (QED) is 0.609. The van der Waals surface area contributed by atoms with Crippen LogP contribution in [-0.4, -0.2) is 47.8 Å². The molecule has 30 heavy (non-hydrogen) atoms. The molecule has 2 heterocycles. The van der Waals surface area contributed by atoms with Crippen molar-refractivity contribution >= 4 is 33.9 Å². The second-order valence-corrected chi connectivity index (χ2v) is 9.65. The molecule has 0 radical (unpaired) electrons. The van der Waals surface area contributed by atoms with Gasteiger partial charge in [0.25, 0.3) is 11.8 Å². The molecule has 5 rings (SSSR count). The normalized spacial score (nSPS) is 19.0. The van der Waals surface area contributed by atoms with E-state index < -0.39 is 0 Å². The van der Waals surface area contributed by atoms with Crippen LogP contribution in [0.3, 0.4) is 0 Å². The predicted molar refractivity (Wildman–Crippen MR) is 121 cm³/mol. The van der Waals surface area contributed by atoms with Crippen molar-refractivity contribution in [1.82, 2.24) is 9.80 Å². The Kier molecular flexibility index (Phi) is 5.07. The van der Waals surface area contributed by atoms with Crippen molar-refractivity contribution in [2.45, 2.75) is 26.2 Å². The van der Waals surface area contributed by atoms with Gasteiger partial charge in [-0.1, -0.05) is 43.3 Å². The topological polar surface area (TPSA) is 40.6 Å². The van der Waals surface area contributed by atoms with E-state index >= 15 is 0 Å². The predicted octanol–water partition coefficient (Wildman–Crippen LogP) is 4.62. The number of hydrogen-bond donors (Lipinski definition) is 0. The molecule has 1 saturated heterocycles. The molecule has 1 unspecified atom stereocenters. The summed E-state index contributed by atoms with van der Waals surface area (Å²) in [5.74, 6) is 0.887. The van der Waals surface area contributed by atoms with E-state index in [-0.39, 0.29) is 11.8 Å². The number of carbonyl (C=O) groups is 2. The SMILES string of the molecule is CC1CCc2sc(C(=O)N3CCN(C(=O)c4cccc5ccccc45)CC3)cc2C1. The molecule has 0 spiro atoms. The molecular weight excluding hydrogens is 392 g/mol. The third kappa shape index (κ3) is 3.52. The summed E-state index contributed by atoms with van der Waals surface area (Å²) < 4.78 is 0. The molecule has 2 amide bonds. The van der Waals surface area contributed by atoms with E-state index in [1.54, 1.807) is 11.3 Å². The van der Waals surface area contributed by atoms with Crippen molar-refractivity contribution in [1.29, 1.82) is 0 Å². The third-order valence-electron chi connectivity index (χ3n) is 6.41. The first-order chi connectivity index (χ1) is 14.6. The van der Waals surface area contributed by atoms with Gasteiger partial charge >= 0.3 is 0 Å². The standard InChI is InChI=1S/C25H26N2O2S/c1-17-9-10-22-19(15-17)16-23(30-22)25(29)27-13-11-26(12-14-27)24(28)21-8-4-6-18-5-2-3-7-20(18)21/h2-8,16-17H,9-15H2,1H3. The number of hydrogen-bond acceptors (Lipinski definition) is 3. The lowest BCUT2D eigenvalue weighted by Gasteiger charge is -2.34. The van der Waals surface area contributed by atoms with Crippen LogP contribution in [-0.2, 0) is 12.8 Å². The number of benzene rings is 2. The van der Waals surface area contributed by atoms with Crippen LogP contribution in [0, 0.1) is 5.92 Å². The summed E-state index contributed by atoms with van der Waals surface area (Å²) in [7, 11) is 0. The highest BCUT2D eigenvalue weighted by Gasteiger charge is 2.28. The van der Waals surface area contributed by atoms with Crippen molar-refractivity contribution in [3.8, 4) is 0 Å². The molecule has 0 saturated carbocycles. The number of amides is 2. The summed E-state index contributed by atoms with van der Waals surface area (Å²) in [6, 6.07) is 16.0. The monoisotopic (exact) mass is 418 g/mol. The highest BCUT2D eigenvalue weighted by molar-refractivity contribution is 7.14. The van der Waals surface area contributed by atoms with Crippen LogP contribution in [0.15, 0.2) is 48.5 Å². The lowest BCUT2D eigenvalue weighted by Crippen LogP contribution is -2.50. The molecule has 154 valence electrons. The van der Waals surface area contributed by atoms with Crippen molar-refractivity contribution in [2.24, 2.45) is 5.92 Å². The molecule has 1 aliphatic heterocycles. The highest BCUT2D eigenvalue weighted by Crippen LogP contribution is 2.33. The Morgan fingerprint density at radius 1 is 0.933 bits per heavy atom. The molecule has 1 aliphatic carbocycles. The van der Waals surface area contributed by atoms with Gasteiger partial charge in [0.05, 0.1) is 4.88 Å². The van der Waals surface area contributed by atoms with Gasteiger partial charge in [0.1, 0.15) is 0 Å². The average Bonchev–Trinajstić information content (AvgIpc) is 3.21. The fourth-order valence-corrected chi connectivity index (χ4v) is 5.84. The zero-order chi connectivity index (χ0) is 20.7. The molecule has 3 aromatic rings. The zero-order valence-electron chi connectivity index (χ0n) is 17.3. The van der Waals surface area contributed by atoms with E-state index in [4.69, 9.17) is 0 Å². The fraction of sp³-hybridized carbons (Fsp3) is 0.360. The molecule has 0 bridgehead atoms. The van der Waals surface area contributed by atoms with E-state index in [9.17, 15) is 9.59 Å². The minimum atomic E-state index is 0.0551. The molecule has 2 aromatic carbocycles. The molecule has 1 atom stereocenters. The van der Waals surface area contributed by atoms with E-state index in [0.717, 1.165) is 34.1 Å². The van der Waals surface area contributed by atoms with E-state index in [1.807, 2.05) is 52.3 Å². The summed E-state index contributed by atoms with van der Waals surface area (Å²) in [5, 5.41) is 2.06. The molecule has 0 N–H and O–H groups in total. The fourth-order valence-electron chi connectivity index (χ4n) is 4.66. The number of thiophene rings is 1. The van der Waals surface area contributed by atoms with Gasteiger partial charge in [-0.15, -0.1) is 11.3 Å². The highest BCUT2D eigenvalue weighted by atomic mass is 32.1. The zero-order valence-corrected chi connectivity index (χ0v) is 18.1.